The fraction of sp³-hybridized carbons (Fsp3) is 0.464. The maximum absolute atomic E-state index is 11.8. The first kappa shape index (κ1) is 26.0. The van der Waals surface area contributed by atoms with Crippen LogP contribution in [0.25, 0.3) is 16.9 Å². The molecule has 2 aromatic heterocycles. The van der Waals surface area contributed by atoms with Crippen molar-refractivity contribution < 1.29 is 9.00 Å². The summed E-state index contributed by atoms with van der Waals surface area (Å²) in [7, 11) is -0.648. The van der Waals surface area contributed by atoms with E-state index in [1.54, 1.807) is 10.9 Å². The van der Waals surface area contributed by atoms with E-state index in [0.29, 0.717) is 5.82 Å². The molecule has 9 nitrogen and oxygen atoms in total. The highest BCUT2D eigenvalue weighted by atomic mass is 32.2. The van der Waals surface area contributed by atoms with Crippen molar-refractivity contribution in [2.24, 2.45) is 5.92 Å². The second-order valence-corrected chi connectivity index (χ2v) is 11.9. The molecule has 3 aromatic rings. The van der Waals surface area contributed by atoms with E-state index in [1.165, 1.54) is 12.1 Å². The standard InChI is InChI=1S/C17H17N5OS.C11H16N2O/c23-24-10-8-21(9-11-24)16-5-3-14(4-6-16)15-12-19-22(13-15)17-2-1-7-18-20-17;12-8-11(6-7-11)13-10(14)9-4-2-1-3-5-9/h1-7,12-13H,8-11H2;9H,1-7H2,(H,13,14). The van der Waals surface area contributed by atoms with E-state index in [2.05, 4.69) is 55.8 Å². The molecule has 6 rings (SSSR count). The lowest BCUT2D eigenvalue weighted by Gasteiger charge is -2.28. The average molecular weight is 532 g/mol. The molecule has 2 aliphatic carbocycles. The zero-order valence-corrected chi connectivity index (χ0v) is 22.3. The SMILES string of the molecule is N#CC1(NC(=O)C2CCCCC2)CC1.O=S1CCN(c2ccc(-c3cnn(-c4cccnn4)c3)cc2)CC1. The smallest absolute Gasteiger partial charge is 0.224 e. The highest BCUT2D eigenvalue weighted by Crippen LogP contribution is 2.35. The van der Waals surface area contributed by atoms with E-state index in [-0.39, 0.29) is 11.8 Å². The molecule has 0 bridgehead atoms. The minimum absolute atomic E-state index is 0.115. The summed E-state index contributed by atoms with van der Waals surface area (Å²) < 4.78 is 13.2. The Balaban J connectivity index is 0.000000179. The van der Waals surface area contributed by atoms with Crippen molar-refractivity contribution >= 4 is 22.4 Å². The third-order valence-corrected chi connectivity index (χ3v) is 8.70. The van der Waals surface area contributed by atoms with Gasteiger partial charge in [0.25, 0.3) is 0 Å². The number of benzene rings is 1. The molecule has 0 unspecified atom stereocenters. The number of anilines is 1. The van der Waals surface area contributed by atoms with Gasteiger partial charge in [0.05, 0.1) is 12.3 Å². The van der Waals surface area contributed by atoms with Gasteiger partial charge in [-0.25, -0.2) is 4.68 Å². The van der Waals surface area contributed by atoms with Gasteiger partial charge in [0.2, 0.25) is 5.91 Å². The number of carbonyl (C=O) groups excluding carboxylic acids is 1. The molecule has 0 atom stereocenters. The van der Waals surface area contributed by atoms with E-state index in [9.17, 15) is 9.00 Å². The van der Waals surface area contributed by atoms with Gasteiger partial charge in [-0.1, -0.05) is 31.4 Å². The molecule has 3 fully saturated rings. The van der Waals surface area contributed by atoms with E-state index in [0.717, 1.165) is 74.2 Å². The van der Waals surface area contributed by atoms with Crippen LogP contribution in [0.5, 0.6) is 0 Å². The first-order valence-electron chi connectivity index (χ1n) is 13.3. The summed E-state index contributed by atoms with van der Waals surface area (Å²) in [6.45, 7) is 1.72. The Labute approximate surface area is 225 Å². The van der Waals surface area contributed by atoms with Crippen LogP contribution in [0.15, 0.2) is 55.0 Å². The summed E-state index contributed by atoms with van der Waals surface area (Å²) in [4.78, 5) is 14.0. The molecule has 1 aliphatic heterocycles. The number of aromatic nitrogens is 4. The van der Waals surface area contributed by atoms with Crippen LogP contribution >= 0.6 is 0 Å². The quantitative estimate of drug-likeness (QED) is 0.534. The first-order chi connectivity index (χ1) is 18.5. The molecule has 2 saturated carbocycles. The monoisotopic (exact) mass is 531 g/mol. The summed E-state index contributed by atoms with van der Waals surface area (Å²) in [5.41, 5.74) is 2.84. The highest BCUT2D eigenvalue weighted by molar-refractivity contribution is 7.85. The van der Waals surface area contributed by atoms with Crippen molar-refractivity contribution in [3.63, 3.8) is 0 Å². The van der Waals surface area contributed by atoms with E-state index in [1.807, 2.05) is 24.5 Å². The van der Waals surface area contributed by atoms with Crippen molar-refractivity contribution in [2.45, 2.75) is 50.5 Å². The van der Waals surface area contributed by atoms with Crippen LogP contribution < -0.4 is 10.2 Å². The second kappa shape index (κ2) is 11.9. The van der Waals surface area contributed by atoms with Gasteiger partial charge in [-0.15, -0.1) is 5.10 Å². The Morgan fingerprint density at radius 3 is 2.42 bits per heavy atom. The Kier molecular flexibility index (Phi) is 8.13. The molecular formula is C28H33N7O2S. The Bertz CT molecular complexity index is 1280. The molecule has 1 N–H and O–H groups in total. The minimum atomic E-state index is -0.648. The average Bonchev–Trinajstić information content (AvgIpc) is 3.57. The number of nitrogens with one attached hydrogen (secondary N) is 1. The van der Waals surface area contributed by atoms with E-state index >= 15 is 0 Å². The van der Waals surface area contributed by atoms with Crippen LogP contribution in [-0.2, 0) is 15.6 Å². The molecule has 3 aliphatic rings. The molecule has 1 amide bonds. The lowest BCUT2D eigenvalue weighted by molar-refractivity contribution is -0.126. The summed E-state index contributed by atoms with van der Waals surface area (Å²) in [6, 6.07) is 14.3. The Hall–Kier alpha value is -3.58. The Morgan fingerprint density at radius 1 is 1.05 bits per heavy atom. The summed E-state index contributed by atoms with van der Waals surface area (Å²) in [5.74, 6) is 2.50. The van der Waals surface area contributed by atoms with Gasteiger partial charge >= 0.3 is 0 Å². The highest BCUT2D eigenvalue weighted by Gasteiger charge is 2.45. The summed E-state index contributed by atoms with van der Waals surface area (Å²) in [6.07, 6.45) is 12.7. The van der Waals surface area contributed by atoms with E-state index < -0.39 is 16.3 Å². The third-order valence-electron chi connectivity index (χ3n) is 7.42. The fourth-order valence-corrected chi connectivity index (χ4v) is 5.92. The van der Waals surface area contributed by atoms with Crippen LogP contribution in [0.3, 0.4) is 0 Å². The first-order valence-corrected chi connectivity index (χ1v) is 14.8. The predicted octanol–water partition coefficient (Wildman–Crippen LogP) is 3.64. The van der Waals surface area contributed by atoms with Crippen molar-refractivity contribution in [1.29, 1.82) is 5.26 Å². The van der Waals surface area contributed by atoms with Crippen LogP contribution in [0.4, 0.5) is 5.69 Å². The van der Waals surface area contributed by atoms with Crippen molar-refractivity contribution in [3.8, 4) is 23.0 Å². The van der Waals surface area contributed by atoms with Crippen molar-refractivity contribution in [2.75, 3.05) is 29.5 Å². The summed E-state index contributed by atoms with van der Waals surface area (Å²) in [5, 5.41) is 24.0. The van der Waals surface area contributed by atoms with Gasteiger partial charge in [0.1, 0.15) is 5.54 Å². The predicted molar refractivity (Wildman–Crippen MR) is 147 cm³/mol. The number of nitriles is 1. The molecule has 10 heteroatoms. The number of nitrogens with zero attached hydrogens (tertiary/aromatic N) is 6. The van der Waals surface area contributed by atoms with Crippen molar-refractivity contribution in [1.82, 2.24) is 25.3 Å². The molecule has 38 heavy (non-hydrogen) atoms. The maximum atomic E-state index is 11.8. The van der Waals surface area contributed by atoms with Crippen LogP contribution in [0.2, 0.25) is 0 Å². The number of hydrogen-bond donors (Lipinski definition) is 1. The van der Waals surface area contributed by atoms with Gasteiger partial charge in [-0.2, -0.15) is 15.5 Å². The molecule has 3 heterocycles. The zero-order valence-electron chi connectivity index (χ0n) is 21.5. The van der Waals surface area contributed by atoms with Gasteiger partial charge in [-0.05, 0) is 55.5 Å². The lowest BCUT2D eigenvalue weighted by Crippen LogP contribution is -2.40. The van der Waals surface area contributed by atoms with E-state index in [4.69, 9.17) is 5.26 Å². The minimum Gasteiger partial charge on any atom is -0.370 e. The van der Waals surface area contributed by atoms with Crippen LogP contribution in [0.1, 0.15) is 44.9 Å². The molecule has 198 valence electrons. The molecule has 0 radical (unpaired) electrons. The third kappa shape index (κ3) is 6.45. The topological polar surface area (TPSA) is 117 Å². The second-order valence-electron chi connectivity index (χ2n) is 10.2. The number of hydrogen-bond acceptors (Lipinski definition) is 7. The van der Waals surface area contributed by atoms with Gasteiger partial charge < -0.3 is 10.2 Å². The van der Waals surface area contributed by atoms with Crippen LogP contribution in [-0.4, -0.2) is 60.2 Å². The Morgan fingerprint density at radius 2 is 1.79 bits per heavy atom. The molecule has 1 saturated heterocycles. The lowest BCUT2D eigenvalue weighted by atomic mass is 9.88. The normalized spacial score (nSPS) is 19.1. The number of amides is 1. The molecule has 1 aromatic carbocycles. The number of carbonyl (C=O) groups is 1. The zero-order chi connectivity index (χ0) is 26.4. The van der Waals surface area contributed by atoms with Crippen molar-refractivity contribution in [3.05, 3.63) is 55.0 Å². The van der Waals surface area contributed by atoms with Gasteiger partial charge in [-0.3, -0.25) is 9.00 Å². The molecular weight excluding hydrogens is 498 g/mol. The van der Waals surface area contributed by atoms with Gasteiger partial charge in [0.15, 0.2) is 5.82 Å². The van der Waals surface area contributed by atoms with Crippen LogP contribution in [0, 0.1) is 17.2 Å². The maximum Gasteiger partial charge on any atom is 0.224 e. The fourth-order valence-electron chi connectivity index (χ4n) is 4.87. The summed E-state index contributed by atoms with van der Waals surface area (Å²) >= 11 is 0. The number of rotatable bonds is 5. The largest absolute Gasteiger partial charge is 0.370 e. The van der Waals surface area contributed by atoms with Gasteiger partial charge in [0, 0.05) is 65.0 Å². The molecule has 0 spiro atoms.